The minimum atomic E-state index is -0.348. The fourth-order valence-electron chi connectivity index (χ4n) is 5.31. The number of halogens is 1. The topological polar surface area (TPSA) is 72.1 Å². The Bertz CT molecular complexity index is 1150. The standard InChI is InChI=1S/C26H29FN4O/c1-16-9-17(11-19(28)10-16)21-5-6-29-14-18(21)12-25(32)22-3-4-24(27)23-13-20(15-30-26(22)23)31-7-2-8-31/h3-6,13-17,19H,2,7-12,28H2,1H3/t16-,17+,19-/m0/s1. The Morgan fingerprint density at radius 1 is 1.19 bits per heavy atom. The van der Waals surface area contributed by atoms with E-state index in [-0.39, 0.29) is 24.1 Å². The highest BCUT2D eigenvalue weighted by molar-refractivity contribution is 6.08. The minimum Gasteiger partial charge on any atom is -0.370 e. The van der Waals surface area contributed by atoms with Gasteiger partial charge in [0.1, 0.15) is 5.82 Å². The van der Waals surface area contributed by atoms with Gasteiger partial charge in [0.15, 0.2) is 5.78 Å². The Morgan fingerprint density at radius 2 is 2.03 bits per heavy atom. The average Bonchev–Trinajstić information content (AvgIpc) is 2.73. The quantitative estimate of drug-likeness (QED) is 0.595. The number of fused-ring (bicyclic) bond motifs is 1. The second kappa shape index (κ2) is 8.58. The number of carbonyl (C=O) groups excluding carboxylic acids is 1. The van der Waals surface area contributed by atoms with Crippen LogP contribution in [0, 0.1) is 11.7 Å². The lowest BCUT2D eigenvalue weighted by atomic mass is 9.75. The zero-order valence-corrected chi connectivity index (χ0v) is 18.4. The van der Waals surface area contributed by atoms with Gasteiger partial charge in [0, 0.05) is 48.9 Å². The summed E-state index contributed by atoms with van der Waals surface area (Å²) in [5, 5.41) is 0.402. The Kier molecular flexibility index (Phi) is 5.64. The molecule has 3 heterocycles. The predicted octanol–water partition coefficient (Wildman–Crippen LogP) is 4.64. The van der Waals surface area contributed by atoms with Gasteiger partial charge in [-0.3, -0.25) is 14.8 Å². The molecular formula is C26H29FN4O. The van der Waals surface area contributed by atoms with E-state index in [2.05, 4.69) is 21.8 Å². The maximum atomic E-state index is 14.6. The van der Waals surface area contributed by atoms with Crippen LogP contribution in [0.15, 0.2) is 42.9 Å². The van der Waals surface area contributed by atoms with Crippen molar-refractivity contribution in [3.05, 3.63) is 65.4 Å². The molecule has 1 aliphatic carbocycles. The van der Waals surface area contributed by atoms with E-state index < -0.39 is 0 Å². The number of aromatic nitrogens is 2. The van der Waals surface area contributed by atoms with Gasteiger partial charge in [-0.2, -0.15) is 0 Å². The summed E-state index contributed by atoms with van der Waals surface area (Å²) in [4.78, 5) is 24.3. The predicted molar refractivity (Wildman–Crippen MR) is 125 cm³/mol. The number of rotatable bonds is 5. The number of nitrogens with zero attached hydrogens (tertiary/aromatic N) is 3. The molecule has 2 N–H and O–H groups in total. The summed E-state index contributed by atoms with van der Waals surface area (Å²) in [6, 6.07) is 6.96. The molecule has 1 saturated carbocycles. The third-order valence-electron chi connectivity index (χ3n) is 7.02. The number of carbonyl (C=O) groups is 1. The molecule has 2 aromatic heterocycles. The number of hydrogen-bond acceptors (Lipinski definition) is 5. The monoisotopic (exact) mass is 432 g/mol. The molecule has 3 aromatic rings. The van der Waals surface area contributed by atoms with Crippen LogP contribution in [0.2, 0.25) is 0 Å². The van der Waals surface area contributed by atoms with Crippen molar-refractivity contribution in [2.45, 2.75) is 51.0 Å². The minimum absolute atomic E-state index is 0.0680. The van der Waals surface area contributed by atoms with E-state index in [9.17, 15) is 9.18 Å². The van der Waals surface area contributed by atoms with Crippen molar-refractivity contribution in [1.82, 2.24) is 9.97 Å². The fourth-order valence-corrected chi connectivity index (χ4v) is 5.31. The molecule has 32 heavy (non-hydrogen) atoms. The van der Waals surface area contributed by atoms with E-state index >= 15 is 0 Å². The molecular weight excluding hydrogens is 403 g/mol. The second-order valence-electron chi connectivity index (χ2n) is 9.47. The molecule has 2 aliphatic rings. The van der Waals surface area contributed by atoms with E-state index in [1.807, 2.05) is 12.1 Å². The van der Waals surface area contributed by atoms with Gasteiger partial charge in [-0.05, 0) is 72.9 Å². The van der Waals surface area contributed by atoms with Crippen LogP contribution in [-0.2, 0) is 6.42 Å². The normalized spacial score (nSPS) is 23.2. The molecule has 0 spiro atoms. The number of pyridine rings is 2. The van der Waals surface area contributed by atoms with Crippen molar-refractivity contribution in [2.24, 2.45) is 11.7 Å². The van der Waals surface area contributed by atoms with Crippen molar-refractivity contribution in [1.29, 1.82) is 0 Å². The number of anilines is 1. The van der Waals surface area contributed by atoms with Crippen molar-refractivity contribution in [3.63, 3.8) is 0 Å². The average molecular weight is 433 g/mol. The van der Waals surface area contributed by atoms with Crippen LogP contribution in [0.25, 0.3) is 10.9 Å². The van der Waals surface area contributed by atoms with E-state index in [0.717, 1.165) is 55.6 Å². The van der Waals surface area contributed by atoms with Gasteiger partial charge in [-0.15, -0.1) is 0 Å². The third-order valence-corrected chi connectivity index (χ3v) is 7.02. The highest BCUT2D eigenvalue weighted by atomic mass is 19.1. The summed E-state index contributed by atoms with van der Waals surface area (Å²) in [7, 11) is 0. The number of hydrogen-bond donors (Lipinski definition) is 1. The first-order valence-corrected chi connectivity index (χ1v) is 11.5. The van der Waals surface area contributed by atoms with E-state index in [1.165, 1.54) is 6.07 Å². The van der Waals surface area contributed by atoms with Crippen molar-refractivity contribution in [2.75, 3.05) is 18.0 Å². The SMILES string of the molecule is C[C@@H]1C[C@H](N)C[C@H](c2ccncc2CC(=O)c2ccc(F)c3cc(N4CCC4)cnc23)C1. The first kappa shape index (κ1) is 21.0. The summed E-state index contributed by atoms with van der Waals surface area (Å²) >= 11 is 0. The highest BCUT2D eigenvalue weighted by Crippen LogP contribution is 2.37. The Hall–Kier alpha value is -2.86. The third kappa shape index (κ3) is 3.99. The molecule has 1 aliphatic heterocycles. The molecule has 3 atom stereocenters. The van der Waals surface area contributed by atoms with E-state index in [1.54, 1.807) is 24.7 Å². The lowest BCUT2D eigenvalue weighted by Crippen LogP contribution is -2.37. The van der Waals surface area contributed by atoms with Gasteiger partial charge in [0.05, 0.1) is 17.4 Å². The van der Waals surface area contributed by atoms with Crippen molar-refractivity contribution < 1.29 is 9.18 Å². The van der Waals surface area contributed by atoms with E-state index in [4.69, 9.17) is 5.73 Å². The summed E-state index contributed by atoms with van der Waals surface area (Å²) in [6.45, 7) is 4.16. The number of Topliss-reactive ketones (excluding diaryl/α,β-unsaturated/α-hetero) is 1. The molecule has 1 saturated heterocycles. The first-order chi connectivity index (χ1) is 15.5. The maximum absolute atomic E-state index is 14.6. The fraction of sp³-hybridized carbons (Fsp3) is 0.423. The molecule has 1 aromatic carbocycles. The van der Waals surface area contributed by atoms with Gasteiger partial charge < -0.3 is 10.6 Å². The zero-order chi connectivity index (χ0) is 22.2. The highest BCUT2D eigenvalue weighted by Gasteiger charge is 2.28. The molecule has 5 rings (SSSR count). The van der Waals surface area contributed by atoms with E-state index in [0.29, 0.717) is 28.3 Å². The van der Waals surface area contributed by atoms with Crippen molar-refractivity contribution in [3.8, 4) is 0 Å². The summed E-state index contributed by atoms with van der Waals surface area (Å²) in [6.07, 6.45) is 9.73. The molecule has 0 unspecified atom stereocenters. The van der Waals surface area contributed by atoms with Crippen LogP contribution in [-0.4, -0.2) is 34.9 Å². The van der Waals surface area contributed by atoms with Crippen LogP contribution in [0.1, 0.15) is 60.0 Å². The molecule has 6 heteroatoms. The molecule has 5 nitrogen and oxygen atoms in total. The molecule has 2 fully saturated rings. The Balaban J connectivity index is 1.45. The first-order valence-electron chi connectivity index (χ1n) is 11.5. The summed E-state index contributed by atoms with van der Waals surface area (Å²) in [5.74, 6) is 0.480. The number of ketones is 1. The largest absolute Gasteiger partial charge is 0.370 e. The zero-order valence-electron chi connectivity index (χ0n) is 18.4. The lowest BCUT2D eigenvalue weighted by molar-refractivity contribution is 0.0994. The van der Waals surface area contributed by atoms with Gasteiger partial charge in [-0.1, -0.05) is 6.92 Å². The summed E-state index contributed by atoms with van der Waals surface area (Å²) in [5.41, 5.74) is 10.2. The molecule has 166 valence electrons. The van der Waals surface area contributed by atoms with Crippen LogP contribution >= 0.6 is 0 Å². The molecule has 0 bridgehead atoms. The Labute approximate surface area is 187 Å². The number of nitrogens with two attached hydrogens (primary N) is 1. The summed E-state index contributed by atoms with van der Waals surface area (Å²) < 4.78 is 14.6. The van der Waals surface area contributed by atoms with Crippen LogP contribution < -0.4 is 10.6 Å². The van der Waals surface area contributed by atoms with Crippen LogP contribution in [0.4, 0.5) is 10.1 Å². The van der Waals surface area contributed by atoms with Gasteiger partial charge in [-0.25, -0.2) is 4.39 Å². The van der Waals surface area contributed by atoms with Gasteiger partial charge >= 0.3 is 0 Å². The Morgan fingerprint density at radius 3 is 2.78 bits per heavy atom. The van der Waals surface area contributed by atoms with Crippen LogP contribution in [0.3, 0.4) is 0 Å². The lowest BCUT2D eigenvalue weighted by Gasteiger charge is -2.33. The van der Waals surface area contributed by atoms with Crippen LogP contribution in [0.5, 0.6) is 0 Å². The van der Waals surface area contributed by atoms with Crippen molar-refractivity contribution >= 4 is 22.4 Å². The number of benzene rings is 1. The molecule has 0 amide bonds. The van der Waals surface area contributed by atoms with Gasteiger partial charge in [0.25, 0.3) is 0 Å². The molecule has 0 radical (unpaired) electrons. The smallest absolute Gasteiger partial charge is 0.169 e. The second-order valence-corrected chi connectivity index (χ2v) is 9.47. The maximum Gasteiger partial charge on any atom is 0.169 e. The van der Waals surface area contributed by atoms with Gasteiger partial charge in [0.2, 0.25) is 0 Å².